The highest BCUT2D eigenvalue weighted by atomic mass is 32.2. The van der Waals surface area contributed by atoms with Crippen molar-refractivity contribution in [2.45, 2.75) is 6.54 Å². The Kier molecular flexibility index (Phi) is 3.70. The standard InChI is InChI=1S/C12H13N5O2S2/c1-13-21(18,19)7-6-17-8-10(15-16-17)12-14-9-4-2-3-5-11(9)20-12/h2-5,8,13H,6-7H2,1H3. The van der Waals surface area contributed by atoms with Gasteiger partial charge in [0, 0.05) is 0 Å². The summed E-state index contributed by atoms with van der Waals surface area (Å²) in [4.78, 5) is 4.49. The van der Waals surface area contributed by atoms with E-state index in [-0.39, 0.29) is 12.3 Å². The summed E-state index contributed by atoms with van der Waals surface area (Å²) in [6.45, 7) is 0.251. The summed E-state index contributed by atoms with van der Waals surface area (Å²) in [6.07, 6.45) is 1.71. The van der Waals surface area contributed by atoms with Crippen LogP contribution >= 0.6 is 11.3 Å². The van der Waals surface area contributed by atoms with Gasteiger partial charge in [0.05, 0.1) is 28.7 Å². The largest absolute Gasteiger partial charge is 0.251 e. The minimum atomic E-state index is -3.25. The lowest BCUT2D eigenvalue weighted by atomic mass is 10.3. The molecular formula is C12H13N5O2S2. The zero-order chi connectivity index (χ0) is 14.9. The zero-order valence-electron chi connectivity index (χ0n) is 11.2. The molecule has 1 aromatic carbocycles. The molecule has 0 spiro atoms. The van der Waals surface area contributed by atoms with E-state index in [9.17, 15) is 8.42 Å². The Morgan fingerprint density at radius 1 is 1.33 bits per heavy atom. The van der Waals surface area contributed by atoms with Crippen LogP contribution in [0.15, 0.2) is 30.5 Å². The molecule has 2 aromatic heterocycles. The third-order valence-electron chi connectivity index (χ3n) is 2.95. The minimum Gasteiger partial charge on any atom is -0.251 e. The molecule has 0 aliphatic heterocycles. The second-order valence-corrected chi connectivity index (χ2v) is 7.45. The molecule has 0 atom stereocenters. The van der Waals surface area contributed by atoms with Crippen molar-refractivity contribution in [2.75, 3.05) is 12.8 Å². The van der Waals surface area contributed by atoms with Crippen LogP contribution in [0.2, 0.25) is 0 Å². The van der Waals surface area contributed by atoms with Gasteiger partial charge in [-0.15, -0.1) is 16.4 Å². The minimum absolute atomic E-state index is 0.0356. The number of hydrogen-bond acceptors (Lipinski definition) is 6. The lowest BCUT2D eigenvalue weighted by Crippen LogP contribution is -2.24. The molecule has 0 unspecified atom stereocenters. The summed E-state index contributed by atoms with van der Waals surface area (Å²) in [7, 11) is -1.85. The molecule has 2 heterocycles. The third kappa shape index (κ3) is 3.09. The molecule has 0 aliphatic rings. The fourth-order valence-electron chi connectivity index (χ4n) is 1.80. The Hall–Kier alpha value is -1.84. The number of aryl methyl sites for hydroxylation is 1. The van der Waals surface area contributed by atoms with E-state index in [4.69, 9.17) is 0 Å². The van der Waals surface area contributed by atoms with Gasteiger partial charge in [0.15, 0.2) is 0 Å². The highest BCUT2D eigenvalue weighted by molar-refractivity contribution is 7.89. The van der Waals surface area contributed by atoms with Gasteiger partial charge in [-0.05, 0) is 19.2 Å². The maximum Gasteiger partial charge on any atom is 0.213 e. The van der Waals surface area contributed by atoms with Crippen LogP contribution in [0.1, 0.15) is 0 Å². The summed E-state index contributed by atoms with van der Waals surface area (Å²) in [5.41, 5.74) is 1.57. The molecule has 1 N–H and O–H groups in total. The maximum absolute atomic E-state index is 11.4. The average molecular weight is 323 g/mol. The summed E-state index contributed by atoms with van der Waals surface area (Å²) in [5.74, 6) is -0.0356. The van der Waals surface area contributed by atoms with E-state index < -0.39 is 10.0 Å². The van der Waals surface area contributed by atoms with Crippen molar-refractivity contribution < 1.29 is 8.42 Å². The topological polar surface area (TPSA) is 89.8 Å². The van der Waals surface area contributed by atoms with Crippen molar-refractivity contribution in [2.24, 2.45) is 0 Å². The molecule has 0 fully saturated rings. The summed E-state index contributed by atoms with van der Waals surface area (Å²) >= 11 is 1.53. The van der Waals surface area contributed by atoms with E-state index in [0.717, 1.165) is 15.2 Å². The molecule has 0 radical (unpaired) electrons. The van der Waals surface area contributed by atoms with Crippen LogP contribution in [-0.4, -0.2) is 41.2 Å². The van der Waals surface area contributed by atoms with Crippen molar-refractivity contribution >= 4 is 31.6 Å². The van der Waals surface area contributed by atoms with Gasteiger partial charge < -0.3 is 0 Å². The Morgan fingerprint density at radius 2 is 2.14 bits per heavy atom. The lowest BCUT2D eigenvalue weighted by molar-refractivity contribution is 0.568. The molecule has 110 valence electrons. The maximum atomic E-state index is 11.4. The third-order valence-corrected chi connectivity index (χ3v) is 5.35. The van der Waals surface area contributed by atoms with Crippen LogP contribution in [0.4, 0.5) is 0 Å². The van der Waals surface area contributed by atoms with E-state index in [2.05, 4.69) is 20.0 Å². The molecule has 3 aromatic rings. The van der Waals surface area contributed by atoms with Gasteiger partial charge in [-0.3, -0.25) is 4.68 Å². The quantitative estimate of drug-likeness (QED) is 0.759. The smallest absolute Gasteiger partial charge is 0.213 e. The number of thiazole rings is 1. The van der Waals surface area contributed by atoms with Crippen molar-refractivity contribution in [3.8, 4) is 10.7 Å². The average Bonchev–Trinajstić information content (AvgIpc) is 3.11. The Labute approximate surface area is 125 Å². The summed E-state index contributed by atoms with van der Waals surface area (Å²) in [5, 5.41) is 8.77. The summed E-state index contributed by atoms with van der Waals surface area (Å²) < 4.78 is 27.6. The fourth-order valence-corrected chi connectivity index (χ4v) is 3.35. The first-order valence-electron chi connectivity index (χ1n) is 6.25. The second-order valence-electron chi connectivity index (χ2n) is 4.38. The summed E-state index contributed by atoms with van der Waals surface area (Å²) in [6, 6.07) is 7.84. The molecule has 9 heteroatoms. The van der Waals surface area contributed by atoms with Gasteiger partial charge in [0.2, 0.25) is 10.0 Å². The predicted octanol–water partition coefficient (Wildman–Crippen LogP) is 1.10. The Bertz CT molecular complexity index is 836. The molecule has 0 saturated heterocycles. The SMILES string of the molecule is CNS(=O)(=O)CCn1cc(-c2nc3ccccc3s2)nn1. The normalized spacial score (nSPS) is 12.0. The van der Waals surface area contributed by atoms with Crippen LogP contribution in [-0.2, 0) is 16.6 Å². The second kappa shape index (κ2) is 5.51. The van der Waals surface area contributed by atoms with Gasteiger partial charge >= 0.3 is 0 Å². The molecule has 7 nitrogen and oxygen atoms in total. The number of rotatable bonds is 5. The lowest BCUT2D eigenvalue weighted by Gasteiger charge is -2.00. The van der Waals surface area contributed by atoms with Gasteiger partial charge in [-0.25, -0.2) is 18.1 Å². The van der Waals surface area contributed by atoms with E-state index in [1.807, 2.05) is 24.3 Å². The van der Waals surface area contributed by atoms with Crippen molar-refractivity contribution in [3.05, 3.63) is 30.5 Å². The zero-order valence-corrected chi connectivity index (χ0v) is 12.9. The molecule has 0 amide bonds. The molecule has 21 heavy (non-hydrogen) atoms. The fraction of sp³-hybridized carbons (Fsp3) is 0.250. The highest BCUT2D eigenvalue weighted by Crippen LogP contribution is 2.28. The molecule has 0 aliphatic carbocycles. The van der Waals surface area contributed by atoms with Gasteiger partial charge in [0.25, 0.3) is 0 Å². The van der Waals surface area contributed by atoms with Gasteiger partial charge in [-0.1, -0.05) is 17.3 Å². The number of nitrogens with one attached hydrogen (secondary N) is 1. The molecule has 0 bridgehead atoms. The Morgan fingerprint density at radius 3 is 2.90 bits per heavy atom. The first-order valence-corrected chi connectivity index (χ1v) is 8.71. The van der Waals surface area contributed by atoms with Crippen molar-refractivity contribution in [1.29, 1.82) is 0 Å². The van der Waals surface area contributed by atoms with Crippen molar-refractivity contribution in [1.82, 2.24) is 24.7 Å². The highest BCUT2D eigenvalue weighted by Gasteiger charge is 2.12. The van der Waals surface area contributed by atoms with Crippen LogP contribution in [0, 0.1) is 0 Å². The number of nitrogens with zero attached hydrogens (tertiary/aromatic N) is 4. The van der Waals surface area contributed by atoms with Gasteiger partial charge in [0.1, 0.15) is 10.7 Å². The predicted molar refractivity (Wildman–Crippen MR) is 81.5 cm³/mol. The number of para-hydroxylation sites is 1. The van der Waals surface area contributed by atoms with Gasteiger partial charge in [-0.2, -0.15) is 0 Å². The van der Waals surface area contributed by atoms with E-state index in [1.165, 1.54) is 23.1 Å². The number of benzene rings is 1. The number of sulfonamides is 1. The molecular weight excluding hydrogens is 310 g/mol. The Balaban J connectivity index is 1.81. The molecule has 0 saturated carbocycles. The van der Waals surface area contributed by atoms with Crippen LogP contribution in [0.3, 0.4) is 0 Å². The van der Waals surface area contributed by atoms with Crippen LogP contribution in [0.25, 0.3) is 20.9 Å². The number of hydrogen-bond donors (Lipinski definition) is 1. The first-order chi connectivity index (χ1) is 10.1. The molecule has 3 rings (SSSR count). The van der Waals surface area contributed by atoms with Crippen LogP contribution < -0.4 is 4.72 Å². The van der Waals surface area contributed by atoms with Crippen molar-refractivity contribution in [3.63, 3.8) is 0 Å². The van der Waals surface area contributed by atoms with E-state index in [0.29, 0.717) is 5.69 Å². The monoisotopic (exact) mass is 323 g/mol. The first kappa shape index (κ1) is 14.1. The number of aromatic nitrogens is 4. The van der Waals surface area contributed by atoms with E-state index >= 15 is 0 Å². The van der Waals surface area contributed by atoms with E-state index in [1.54, 1.807) is 6.20 Å². The number of fused-ring (bicyclic) bond motifs is 1. The van der Waals surface area contributed by atoms with Crippen LogP contribution in [0.5, 0.6) is 0 Å².